The molecule has 2 aromatic heterocycles. The van der Waals surface area contributed by atoms with E-state index in [2.05, 4.69) is 34.2 Å². The quantitative estimate of drug-likeness (QED) is 0.520. The predicted octanol–water partition coefficient (Wildman–Crippen LogP) is 5.03. The van der Waals surface area contributed by atoms with Crippen LogP contribution in [0.2, 0.25) is 0 Å². The van der Waals surface area contributed by atoms with Gasteiger partial charge in [-0.25, -0.2) is 0 Å². The Hall–Kier alpha value is -3.14. The average molecular weight is 346 g/mol. The standard InChI is InChI=1S/C21H18N2O2.CH4/c1-24-20-10-17-13-22-12-16(18(17)11-21(20)25-2)9-14-5-6-19-15(8-14)4-3-7-23-19;/h3-8,10-13H,9H2,1-2H3;1H4. The van der Waals surface area contributed by atoms with E-state index in [1.807, 2.05) is 36.8 Å². The van der Waals surface area contributed by atoms with Crippen LogP contribution in [0.5, 0.6) is 11.5 Å². The molecule has 4 nitrogen and oxygen atoms in total. The van der Waals surface area contributed by atoms with Gasteiger partial charge in [-0.1, -0.05) is 19.6 Å². The fourth-order valence-electron chi connectivity index (χ4n) is 3.15. The molecular formula is C22H22N2O2. The number of hydrogen-bond donors (Lipinski definition) is 0. The van der Waals surface area contributed by atoms with E-state index in [9.17, 15) is 0 Å². The SMILES string of the molecule is C.COc1cc2cncc(Cc3ccc4ncccc4c3)c2cc1OC. The number of benzene rings is 2. The largest absolute Gasteiger partial charge is 0.493 e. The van der Waals surface area contributed by atoms with Gasteiger partial charge >= 0.3 is 0 Å². The van der Waals surface area contributed by atoms with Gasteiger partial charge in [0, 0.05) is 29.4 Å². The summed E-state index contributed by atoms with van der Waals surface area (Å²) in [4.78, 5) is 8.77. The van der Waals surface area contributed by atoms with Crippen molar-refractivity contribution >= 4 is 21.7 Å². The molecule has 132 valence electrons. The summed E-state index contributed by atoms with van der Waals surface area (Å²) in [6.45, 7) is 0. The molecule has 0 aliphatic rings. The normalized spacial score (nSPS) is 10.5. The van der Waals surface area contributed by atoms with Crippen LogP contribution in [0, 0.1) is 0 Å². The lowest BCUT2D eigenvalue weighted by molar-refractivity contribution is 0.356. The minimum Gasteiger partial charge on any atom is -0.493 e. The first-order chi connectivity index (χ1) is 12.3. The van der Waals surface area contributed by atoms with E-state index in [1.54, 1.807) is 14.2 Å². The Morgan fingerprint density at radius 2 is 1.69 bits per heavy atom. The second-order valence-corrected chi connectivity index (χ2v) is 5.93. The Kier molecular flexibility index (Phi) is 5.03. The van der Waals surface area contributed by atoms with Gasteiger partial charge in [-0.3, -0.25) is 9.97 Å². The van der Waals surface area contributed by atoms with Crippen LogP contribution in [0.3, 0.4) is 0 Å². The number of ether oxygens (including phenoxy) is 2. The van der Waals surface area contributed by atoms with Gasteiger partial charge in [0.1, 0.15) is 0 Å². The van der Waals surface area contributed by atoms with Crippen molar-refractivity contribution in [3.8, 4) is 11.5 Å². The number of pyridine rings is 2. The van der Waals surface area contributed by atoms with Crippen molar-refractivity contribution in [3.05, 3.63) is 72.2 Å². The first kappa shape index (κ1) is 17.7. The van der Waals surface area contributed by atoms with Crippen LogP contribution in [0.15, 0.2) is 61.1 Å². The van der Waals surface area contributed by atoms with Crippen LogP contribution in [0.25, 0.3) is 21.7 Å². The third kappa shape index (κ3) is 3.18. The van der Waals surface area contributed by atoms with E-state index in [0.717, 1.165) is 39.4 Å². The number of hydrogen-bond acceptors (Lipinski definition) is 4. The number of aromatic nitrogens is 2. The molecule has 2 aromatic carbocycles. The summed E-state index contributed by atoms with van der Waals surface area (Å²) in [7, 11) is 3.30. The van der Waals surface area contributed by atoms with E-state index < -0.39 is 0 Å². The summed E-state index contributed by atoms with van der Waals surface area (Å²) in [5.74, 6) is 1.44. The zero-order chi connectivity index (χ0) is 17.2. The number of fused-ring (bicyclic) bond motifs is 2. The third-order valence-corrected chi connectivity index (χ3v) is 4.41. The van der Waals surface area contributed by atoms with Gasteiger partial charge in [0.2, 0.25) is 0 Å². The second-order valence-electron chi connectivity index (χ2n) is 5.93. The van der Waals surface area contributed by atoms with Gasteiger partial charge in [0.25, 0.3) is 0 Å². The molecular weight excluding hydrogens is 324 g/mol. The smallest absolute Gasteiger partial charge is 0.161 e. The van der Waals surface area contributed by atoms with E-state index in [4.69, 9.17) is 9.47 Å². The van der Waals surface area contributed by atoms with E-state index in [-0.39, 0.29) is 7.43 Å². The van der Waals surface area contributed by atoms with Gasteiger partial charge in [0.15, 0.2) is 11.5 Å². The monoisotopic (exact) mass is 346 g/mol. The number of nitrogens with zero attached hydrogens (tertiary/aromatic N) is 2. The van der Waals surface area contributed by atoms with Crippen molar-refractivity contribution < 1.29 is 9.47 Å². The van der Waals surface area contributed by atoms with Gasteiger partial charge in [0.05, 0.1) is 19.7 Å². The van der Waals surface area contributed by atoms with E-state index in [0.29, 0.717) is 5.75 Å². The Bertz CT molecular complexity index is 1060. The molecule has 26 heavy (non-hydrogen) atoms. The Morgan fingerprint density at radius 3 is 2.50 bits per heavy atom. The van der Waals surface area contributed by atoms with Crippen molar-refractivity contribution in [3.63, 3.8) is 0 Å². The Labute approximate surface area is 153 Å². The summed E-state index contributed by atoms with van der Waals surface area (Å²) in [5.41, 5.74) is 3.39. The lowest BCUT2D eigenvalue weighted by atomic mass is 9.99. The molecule has 0 unspecified atom stereocenters. The molecule has 0 N–H and O–H groups in total. The zero-order valence-electron chi connectivity index (χ0n) is 14.2. The molecule has 0 aliphatic carbocycles. The van der Waals surface area contributed by atoms with Crippen molar-refractivity contribution in [2.45, 2.75) is 13.8 Å². The highest BCUT2D eigenvalue weighted by Gasteiger charge is 2.10. The van der Waals surface area contributed by atoms with Crippen molar-refractivity contribution in [1.82, 2.24) is 9.97 Å². The summed E-state index contributed by atoms with van der Waals surface area (Å²) in [5, 5.41) is 3.31. The van der Waals surface area contributed by atoms with Crippen molar-refractivity contribution in [1.29, 1.82) is 0 Å². The zero-order valence-corrected chi connectivity index (χ0v) is 14.2. The molecule has 0 saturated carbocycles. The Morgan fingerprint density at radius 1 is 0.885 bits per heavy atom. The predicted molar refractivity (Wildman–Crippen MR) is 106 cm³/mol. The van der Waals surface area contributed by atoms with E-state index in [1.165, 1.54) is 5.56 Å². The molecule has 0 fully saturated rings. The highest BCUT2D eigenvalue weighted by atomic mass is 16.5. The molecule has 4 heteroatoms. The highest BCUT2D eigenvalue weighted by molar-refractivity contribution is 5.88. The third-order valence-electron chi connectivity index (χ3n) is 4.41. The molecule has 0 atom stereocenters. The fraction of sp³-hybridized carbons (Fsp3) is 0.182. The van der Waals surface area contributed by atoms with Crippen molar-refractivity contribution in [2.75, 3.05) is 14.2 Å². The average Bonchev–Trinajstić information content (AvgIpc) is 2.67. The van der Waals surface area contributed by atoms with Crippen LogP contribution in [-0.4, -0.2) is 24.2 Å². The number of methoxy groups -OCH3 is 2. The first-order valence-electron chi connectivity index (χ1n) is 8.11. The van der Waals surface area contributed by atoms with Crippen molar-refractivity contribution in [2.24, 2.45) is 0 Å². The minimum absolute atomic E-state index is 0. The van der Waals surface area contributed by atoms with Crippen LogP contribution >= 0.6 is 0 Å². The van der Waals surface area contributed by atoms with Gasteiger partial charge in [-0.2, -0.15) is 0 Å². The summed E-state index contributed by atoms with van der Waals surface area (Å²) >= 11 is 0. The molecule has 0 radical (unpaired) electrons. The molecule has 0 aliphatic heterocycles. The van der Waals surface area contributed by atoms with Gasteiger partial charge < -0.3 is 9.47 Å². The minimum atomic E-state index is 0. The highest BCUT2D eigenvalue weighted by Crippen LogP contribution is 2.33. The summed E-state index contributed by atoms with van der Waals surface area (Å²) in [6.07, 6.45) is 6.38. The molecule has 0 saturated heterocycles. The maximum Gasteiger partial charge on any atom is 0.161 e. The van der Waals surface area contributed by atoms with Crippen LogP contribution in [0.1, 0.15) is 18.6 Å². The molecule has 2 heterocycles. The molecule has 4 rings (SSSR count). The van der Waals surface area contributed by atoms with Crippen LogP contribution in [0.4, 0.5) is 0 Å². The van der Waals surface area contributed by atoms with Crippen LogP contribution < -0.4 is 9.47 Å². The topological polar surface area (TPSA) is 44.2 Å². The molecule has 0 amide bonds. The van der Waals surface area contributed by atoms with E-state index >= 15 is 0 Å². The second kappa shape index (κ2) is 7.40. The number of rotatable bonds is 4. The lowest BCUT2D eigenvalue weighted by Gasteiger charge is -2.12. The molecule has 0 spiro atoms. The maximum absolute atomic E-state index is 5.45. The fourth-order valence-corrected chi connectivity index (χ4v) is 3.15. The van der Waals surface area contributed by atoms with Gasteiger partial charge in [-0.05, 0) is 53.3 Å². The summed E-state index contributed by atoms with van der Waals surface area (Å²) in [6, 6.07) is 14.4. The molecule has 0 bridgehead atoms. The summed E-state index contributed by atoms with van der Waals surface area (Å²) < 4.78 is 10.8. The first-order valence-corrected chi connectivity index (χ1v) is 8.11. The lowest BCUT2D eigenvalue weighted by Crippen LogP contribution is -1.95. The molecule has 4 aromatic rings. The maximum atomic E-state index is 5.45. The van der Waals surface area contributed by atoms with Gasteiger partial charge in [-0.15, -0.1) is 0 Å². The Balaban J connectivity index is 0.00000196. The van der Waals surface area contributed by atoms with Crippen LogP contribution in [-0.2, 0) is 6.42 Å².